The molecule has 0 spiro atoms. The van der Waals surface area contributed by atoms with E-state index in [1.54, 1.807) is 12.1 Å². The monoisotopic (exact) mass is 631 g/mol. The fourth-order valence-electron chi connectivity index (χ4n) is 4.63. The minimum atomic E-state index is -0.415. The largest absolute Gasteiger partial charge is 0.487 e. The Labute approximate surface area is 269 Å². The number of rotatable bonds is 13. The summed E-state index contributed by atoms with van der Waals surface area (Å²) < 4.78 is 19.9. The van der Waals surface area contributed by atoms with E-state index in [-0.39, 0.29) is 5.60 Å². The van der Waals surface area contributed by atoms with Crippen molar-refractivity contribution in [1.29, 1.82) is 0 Å². The predicted molar refractivity (Wildman–Crippen MR) is 186 cm³/mol. The number of piperidine rings is 1. The molecule has 0 saturated carbocycles. The van der Waals surface area contributed by atoms with Crippen molar-refractivity contribution >= 4 is 30.8 Å². The molecule has 1 fully saturated rings. The first-order valence-electron chi connectivity index (χ1n) is 15.3. The number of hydrogen-bond donors (Lipinski definition) is 2. The first-order chi connectivity index (χ1) is 21.1. The van der Waals surface area contributed by atoms with E-state index in [1.807, 2.05) is 44.3 Å². The molecular weight excluding hydrogens is 577 g/mol. The molecule has 8 nitrogen and oxygen atoms in total. The summed E-state index contributed by atoms with van der Waals surface area (Å²) in [5, 5.41) is 11.8. The Morgan fingerprint density at radius 1 is 1.18 bits per heavy atom. The Balaban J connectivity index is 0.000000500. The number of aliphatic imine (C=N–C) groups is 1. The van der Waals surface area contributed by atoms with E-state index in [9.17, 15) is 9.18 Å². The number of aryl methyl sites for hydroxylation is 1. The van der Waals surface area contributed by atoms with Gasteiger partial charge in [-0.2, -0.15) is 0 Å². The van der Waals surface area contributed by atoms with Crippen LogP contribution in [-0.2, 0) is 11.3 Å². The molecule has 3 N–H and O–H groups in total. The summed E-state index contributed by atoms with van der Waals surface area (Å²) in [4.78, 5) is 21.5. The molecule has 0 radical (unpaired) electrons. The van der Waals surface area contributed by atoms with Gasteiger partial charge in [0.25, 0.3) is 0 Å². The molecule has 1 atom stereocenters. The summed E-state index contributed by atoms with van der Waals surface area (Å²) >= 11 is 1.36. The first-order valence-corrected chi connectivity index (χ1v) is 16.4. The molecule has 1 aliphatic heterocycles. The number of nitrogens with zero attached hydrogens (tertiary/aromatic N) is 3. The molecule has 0 amide bonds. The van der Waals surface area contributed by atoms with Crippen LogP contribution in [0.15, 0.2) is 52.6 Å². The van der Waals surface area contributed by atoms with Crippen molar-refractivity contribution < 1.29 is 18.8 Å². The molecule has 0 bridgehead atoms. The number of hydrogen-bond acceptors (Lipinski definition) is 8. The smallest absolute Gasteiger partial charge is 0.169 e. The standard InChI is InChI=1S/C24H30FNO2.C7H14N2O.C3H10N2S/c1-18(2)24(11-14-26(3)15-12-24)28-23-9-8-21(16-22(23)10-13-25)20-6-4-19(17-27)5-7-20;1-5-6(2)7(8-3)9-10-4;1-5-2-3-6-4/h4-9,16-18H,10-15H2,1-3H3;6H,3,5H2,1-2,4H3;5H,2-4H2,1H3/b;9-7-;. The van der Waals surface area contributed by atoms with Gasteiger partial charge in [-0.15, -0.1) is 0 Å². The second-order valence-corrected chi connectivity index (χ2v) is 11.9. The van der Waals surface area contributed by atoms with E-state index in [0.717, 1.165) is 73.4 Å². The molecule has 246 valence electrons. The molecular formula is C34H54FN5O3S. The van der Waals surface area contributed by atoms with E-state index >= 15 is 0 Å². The highest BCUT2D eigenvalue weighted by Gasteiger charge is 2.39. The minimum absolute atomic E-state index is 0.204. The highest BCUT2D eigenvalue weighted by atomic mass is 32.2. The Hall–Kier alpha value is -2.79. The summed E-state index contributed by atoms with van der Waals surface area (Å²) in [6.45, 7) is 14.5. The number of benzene rings is 2. The summed E-state index contributed by atoms with van der Waals surface area (Å²) in [5.74, 6) is 3.18. The third-order valence-corrected chi connectivity index (χ3v) is 8.31. The molecule has 1 unspecified atom stereocenters. The summed E-state index contributed by atoms with van der Waals surface area (Å²) in [7, 11) is 5.56. The lowest BCUT2D eigenvalue weighted by atomic mass is 9.81. The average molecular weight is 632 g/mol. The topological polar surface area (TPSA) is 102 Å². The van der Waals surface area contributed by atoms with Gasteiger partial charge < -0.3 is 19.8 Å². The quantitative estimate of drug-likeness (QED) is 0.0635. The van der Waals surface area contributed by atoms with E-state index in [2.05, 4.69) is 59.7 Å². The SMILES string of the molecule is C=N/C(=N\OC)C(C)CC.CC(C)C1(Oc2ccc(-c3ccc(C=O)cc3)cc2CCF)CCN(C)CC1.CNCCSN. The van der Waals surface area contributed by atoms with Gasteiger partial charge in [-0.25, -0.2) is 4.99 Å². The van der Waals surface area contributed by atoms with E-state index in [1.165, 1.54) is 19.1 Å². The Bertz CT molecular complexity index is 1120. The number of aldehydes is 1. The normalized spacial score (nSPS) is 15.3. The van der Waals surface area contributed by atoms with Gasteiger partial charge in [-0.05, 0) is 62.0 Å². The maximum absolute atomic E-state index is 13.3. The summed E-state index contributed by atoms with van der Waals surface area (Å²) in [6.07, 6.45) is 4.13. The van der Waals surface area contributed by atoms with Crippen molar-refractivity contribution in [2.24, 2.45) is 27.1 Å². The van der Waals surface area contributed by atoms with Gasteiger partial charge in [0, 0.05) is 56.1 Å². The molecule has 1 aliphatic rings. The van der Waals surface area contributed by atoms with Crippen LogP contribution in [0.5, 0.6) is 5.75 Å². The van der Waals surface area contributed by atoms with Crippen LogP contribution in [0.1, 0.15) is 62.9 Å². The zero-order valence-electron chi connectivity index (χ0n) is 27.8. The molecule has 0 aromatic heterocycles. The van der Waals surface area contributed by atoms with E-state index in [4.69, 9.17) is 9.88 Å². The van der Waals surface area contributed by atoms with Gasteiger partial charge in [-0.1, -0.05) is 75.1 Å². The maximum Gasteiger partial charge on any atom is 0.169 e. The number of oxime groups is 1. The molecule has 1 saturated heterocycles. The Morgan fingerprint density at radius 3 is 2.27 bits per heavy atom. The Kier molecular flexibility index (Phi) is 19.5. The van der Waals surface area contributed by atoms with Gasteiger partial charge in [-0.3, -0.25) is 14.3 Å². The number of likely N-dealkylation sites (tertiary alicyclic amines) is 1. The number of nitrogens with two attached hydrogens (primary N) is 1. The van der Waals surface area contributed by atoms with Crippen LogP contribution in [0, 0.1) is 11.8 Å². The molecule has 1 heterocycles. The second-order valence-electron chi connectivity index (χ2n) is 11.2. The third kappa shape index (κ3) is 13.1. The molecule has 2 aromatic carbocycles. The zero-order chi connectivity index (χ0) is 33.0. The van der Waals surface area contributed by atoms with Crippen LogP contribution in [0.25, 0.3) is 11.1 Å². The van der Waals surface area contributed by atoms with Crippen LogP contribution in [0.3, 0.4) is 0 Å². The fourth-order valence-corrected chi connectivity index (χ4v) is 4.96. The number of nitrogens with one attached hydrogen (secondary N) is 1. The highest BCUT2D eigenvalue weighted by molar-refractivity contribution is 7.97. The van der Waals surface area contributed by atoms with E-state index in [0.29, 0.717) is 29.7 Å². The van der Waals surface area contributed by atoms with Crippen LogP contribution in [0.2, 0.25) is 0 Å². The minimum Gasteiger partial charge on any atom is -0.487 e. The average Bonchev–Trinajstić information content (AvgIpc) is 3.04. The summed E-state index contributed by atoms with van der Waals surface area (Å²) in [5.41, 5.74) is 3.36. The number of halogens is 1. The molecule has 10 heteroatoms. The van der Waals surface area contributed by atoms with Gasteiger partial charge in [0.2, 0.25) is 0 Å². The lowest BCUT2D eigenvalue weighted by Crippen LogP contribution is -2.50. The van der Waals surface area contributed by atoms with Crippen molar-refractivity contribution in [3.63, 3.8) is 0 Å². The molecule has 44 heavy (non-hydrogen) atoms. The van der Waals surface area contributed by atoms with Gasteiger partial charge in [0.15, 0.2) is 5.84 Å². The van der Waals surface area contributed by atoms with Crippen molar-refractivity contribution in [1.82, 2.24) is 10.2 Å². The zero-order valence-corrected chi connectivity index (χ0v) is 28.6. The van der Waals surface area contributed by atoms with Gasteiger partial charge >= 0.3 is 0 Å². The Morgan fingerprint density at radius 2 is 1.82 bits per heavy atom. The van der Waals surface area contributed by atoms with Crippen molar-refractivity contribution in [3.8, 4) is 16.9 Å². The number of ether oxygens (including phenoxy) is 1. The van der Waals surface area contributed by atoms with Crippen LogP contribution < -0.4 is 15.2 Å². The number of alkyl halides is 1. The lowest BCUT2D eigenvalue weighted by Gasteiger charge is -2.44. The van der Waals surface area contributed by atoms with Crippen molar-refractivity contribution in [2.75, 3.05) is 53.3 Å². The van der Waals surface area contributed by atoms with Crippen molar-refractivity contribution in [2.45, 2.75) is 59.0 Å². The maximum atomic E-state index is 13.3. The first kappa shape index (κ1) is 39.2. The summed E-state index contributed by atoms with van der Waals surface area (Å²) in [6, 6.07) is 13.5. The van der Waals surface area contributed by atoms with E-state index < -0.39 is 6.67 Å². The molecule has 3 rings (SSSR count). The fraction of sp³-hybridized carbons (Fsp3) is 0.559. The highest BCUT2D eigenvalue weighted by Crippen LogP contribution is 2.37. The van der Waals surface area contributed by atoms with Crippen molar-refractivity contribution in [3.05, 3.63) is 53.6 Å². The lowest BCUT2D eigenvalue weighted by molar-refractivity contribution is -0.0300. The second kappa shape index (κ2) is 21.8. The van der Waals surface area contributed by atoms with Crippen LogP contribution in [0.4, 0.5) is 4.39 Å². The number of amidine groups is 1. The van der Waals surface area contributed by atoms with Crippen LogP contribution in [-0.4, -0.2) is 82.6 Å². The number of carbonyl (C=O) groups is 1. The third-order valence-electron chi connectivity index (χ3n) is 7.87. The number of carbonyl (C=O) groups excluding carboxylic acids is 1. The molecule has 0 aliphatic carbocycles. The van der Waals surface area contributed by atoms with Gasteiger partial charge in [0.1, 0.15) is 24.7 Å². The van der Waals surface area contributed by atoms with Gasteiger partial charge in [0.05, 0.1) is 6.67 Å². The molecule has 2 aromatic rings. The van der Waals surface area contributed by atoms with Crippen LogP contribution >= 0.6 is 11.9 Å². The predicted octanol–water partition coefficient (Wildman–Crippen LogP) is 6.68.